The molecule has 112 valence electrons. The highest BCUT2D eigenvalue weighted by Gasteiger charge is 2.30. The predicted molar refractivity (Wildman–Crippen MR) is 84.7 cm³/mol. The average molecular weight is 304 g/mol. The van der Waals surface area contributed by atoms with Gasteiger partial charge < -0.3 is 10.2 Å². The van der Waals surface area contributed by atoms with Gasteiger partial charge in [0.1, 0.15) is 0 Å². The zero-order chi connectivity index (χ0) is 15.0. The summed E-state index contributed by atoms with van der Waals surface area (Å²) in [6.45, 7) is 4.23. The molecule has 1 aromatic rings. The number of piperidine rings is 1. The minimum Gasteiger partial charge on any atom is -0.333 e. The van der Waals surface area contributed by atoms with Gasteiger partial charge in [0.15, 0.2) is 0 Å². The summed E-state index contributed by atoms with van der Waals surface area (Å²) in [4.78, 5) is 27.3. The third-order valence-corrected chi connectivity index (χ3v) is 5.36. The monoisotopic (exact) mass is 304 g/mol. The van der Waals surface area contributed by atoms with Crippen molar-refractivity contribution in [2.75, 3.05) is 11.1 Å². The number of likely N-dealkylation sites (tertiary alicyclic amines) is 1. The number of benzene rings is 1. The quantitative estimate of drug-likeness (QED) is 0.867. The molecule has 4 nitrogen and oxygen atoms in total. The van der Waals surface area contributed by atoms with Crippen LogP contribution < -0.4 is 5.32 Å². The second-order valence-electron chi connectivity index (χ2n) is 5.89. The standard InChI is InChI=1S/C16H20N2O2S/c1-10-4-3-5-11(2)18(10)16(20)12-6-7-14-13(8-12)17-15(19)9-21-14/h6-8,10-11H,3-5,9H2,1-2H3,(H,17,19). The van der Waals surface area contributed by atoms with Gasteiger partial charge in [-0.15, -0.1) is 11.8 Å². The molecule has 0 aromatic heterocycles. The summed E-state index contributed by atoms with van der Waals surface area (Å²) in [5.41, 5.74) is 1.43. The van der Waals surface area contributed by atoms with E-state index >= 15 is 0 Å². The first-order chi connectivity index (χ1) is 10.1. The van der Waals surface area contributed by atoms with Crippen LogP contribution in [0.4, 0.5) is 5.69 Å². The molecule has 0 spiro atoms. The summed E-state index contributed by atoms with van der Waals surface area (Å²) in [6, 6.07) is 6.18. The molecule has 1 saturated heterocycles. The van der Waals surface area contributed by atoms with Crippen molar-refractivity contribution < 1.29 is 9.59 Å². The van der Waals surface area contributed by atoms with Crippen LogP contribution in [0.5, 0.6) is 0 Å². The molecule has 2 atom stereocenters. The van der Waals surface area contributed by atoms with Gasteiger partial charge in [0.2, 0.25) is 5.91 Å². The molecule has 21 heavy (non-hydrogen) atoms. The highest BCUT2D eigenvalue weighted by atomic mass is 32.2. The normalized spacial score (nSPS) is 25.2. The first-order valence-corrected chi connectivity index (χ1v) is 8.44. The van der Waals surface area contributed by atoms with Crippen molar-refractivity contribution in [3.8, 4) is 0 Å². The lowest BCUT2D eigenvalue weighted by molar-refractivity contribution is -0.113. The molecular formula is C16H20N2O2S. The van der Waals surface area contributed by atoms with Gasteiger partial charge in [0.05, 0.1) is 11.4 Å². The Morgan fingerprint density at radius 3 is 2.71 bits per heavy atom. The number of thioether (sulfide) groups is 1. The molecule has 0 bridgehead atoms. The molecular weight excluding hydrogens is 284 g/mol. The number of hydrogen-bond acceptors (Lipinski definition) is 3. The van der Waals surface area contributed by atoms with Crippen LogP contribution in [0, 0.1) is 0 Å². The van der Waals surface area contributed by atoms with Gasteiger partial charge in [-0.2, -0.15) is 0 Å². The zero-order valence-corrected chi connectivity index (χ0v) is 13.2. The van der Waals surface area contributed by atoms with E-state index in [0.717, 1.165) is 23.4 Å². The summed E-state index contributed by atoms with van der Waals surface area (Å²) in [7, 11) is 0. The highest BCUT2D eigenvalue weighted by Crippen LogP contribution is 2.33. The van der Waals surface area contributed by atoms with Crippen LogP contribution in [0.2, 0.25) is 0 Å². The van der Waals surface area contributed by atoms with Crippen molar-refractivity contribution in [2.24, 2.45) is 0 Å². The Bertz CT molecular complexity index is 578. The minimum atomic E-state index is -0.00296. The number of amides is 2. The van der Waals surface area contributed by atoms with Crippen LogP contribution in [-0.4, -0.2) is 34.6 Å². The second kappa shape index (κ2) is 5.72. The van der Waals surface area contributed by atoms with E-state index in [1.54, 1.807) is 0 Å². The topological polar surface area (TPSA) is 49.4 Å². The predicted octanol–water partition coefficient (Wildman–Crippen LogP) is 3.13. The molecule has 2 unspecified atom stereocenters. The summed E-state index contributed by atoms with van der Waals surface area (Å²) in [6.07, 6.45) is 3.31. The minimum absolute atomic E-state index is 0.00296. The molecule has 1 N–H and O–H groups in total. The molecule has 5 heteroatoms. The van der Waals surface area contributed by atoms with E-state index in [1.807, 2.05) is 23.1 Å². The fourth-order valence-corrected chi connectivity index (χ4v) is 3.98. The van der Waals surface area contributed by atoms with Crippen LogP contribution in [0.25, 0.3) is 0 Å². The lowest BCUT2D eigenvalue weighted by Crippen LogP contribution is -2.47. The van der Waals surface area contributed by atoms with Crippen LogP contribution in [0.1, 0.15) is 43.5 Å². The molecule has 2 aliphatic rings. The van der Waals surface area contributed by atoms with E-state index < -0.39 is 0 Å². The molecule has 1 fully saturated rings. The van der Waals surface area contributed by atoms with Crippen LogP contribution >= 0.6 is 11.8 Å². The van der Waals surface area contributed by atoms with Gasteiger partial charge in [0.25, 0.3) is 5.91 Å². The van der Waals surface area contributed by atoms with Gasteiger partial charge in [-0.05, 0) is 51.3 Å². The summed E-state index contributed by atoms with van der Waals surface area (Å²) >= 11 is 1.52. The SMILES string of the molecule is CC1CCCC(C)N1C(=O)c1ccc2c(c1)NC(=O)CS2. The molecule has 1 aromatic carbocycles. The number of carbonyl (C=O) groups excluding carboxylic acids is 2. The Balaban J connectivity index is 1.88. The van der Waals surface area contributed by atoms with E-state index in [1.165, 1.54) is 18.2 Å². The smallest absolute Gasteiger partial charge is 0.254 e. The highest BCUT2D eigenvalue weighted by molar-refractivity contribution is 8.00. The third kappa shape index (κ3) is 2.79. The Hall–Kier alpha value is -1.49. The van der Waals surface area contributed by atoms with Crippen molar-refractivity contribution in [3.63, 3.8) is 0 Å². The zero-order valence-electron chi connectivity index (χ0n) is 12.4. The molecule has 0 saturated carbocycles. The first-order valence-electron chi connectivity index (χ1n) is 7.45. The number of fused-ring (bicyclic) bond motifs is 1. The van der Waals surface area contributed by atoms with Gasteiger partial charge in [0, 0.05) is 22.5 Å². The Kier molecular flexibility index (Phi) is 3.93. The van der Waals surface area contributed by atoms with Gasteiger partial charge in [-0.3, -0.25) is 9.59 Å². The average Bonchev–Trinajstić information content (AvgIpc) is 2.46. The first kappa shape index (κ1) is 14.4. The van der Waals surface area contributed by atoms with E-state index in [-0.39, 0.29) is 23.9 Å². The Morgan fingerprint density at radius 1 is 1.29 bits per heavy atom. The lowest BCUT2D eigenvalue weighted by atomic mass is 9.96. The molecule has 2 amide bonds. The summed E-state index contributed by atoms with van der Waals surface area (Å²) in [5.74, 6) is 0.514. The van der Waals surface area contributed by atoms with Crippen LogP contribution in [-0.2, 0) is 4.79 Å². The van der Waals surface area contributed by atoms with Crippen molar-refractivity contribution in [2.45, 2.75) is 50.1 Å². The summed E-state index contributed by atoms with van der Waals surface area (Å²) in [5, 5.41) is 2.85. The van der Waals surface area contributed by atoms with Crippen molar-refractivity contribution in [1.29, 1.82) is 0 Å². The van der Waals surface area contributed by atoms with E-state index in [2.05, 4.69) is 19.2 Å². The molecule has 2 aliphatic heterocycles. The van der Waals surface area contributed by atoms with E-state index in [0.29, 0.717) is 11.3 Å². The van der Waals surface area contributed by atoms with Crippen LogP contribution in [0.15, 0.2) is 23.1 Å². The Morgan fingerprint density at radius 2 is 2.00 bits per heavy atom. The third-order valence-electron chi connectivity index (χ3n) is 4.29. The maximum Gasteiger partial charge on any atom is 0.254 e. The van der Waals surface area contributed by atoms with Gasteiger partial charge in [-0.25, -0.2) is 0 Å². The Labute approximate surface area is 129 Å². The second-order valence-corrected chi connectivity index (χ2v) is 6.91. The lowest BCUT2D eigenvalue weighted by Gasteiger charge is -2.39. The fourth-order valence-electron chi connectivity index (χ4n) is 3.19. The van der Waals surface area contributed by atoms with Gasteiger partial charge in [-0.1, -0.05) is 0 Å². The van der Waals surface area contributed by atoms with Gasteiger partial charge >= 0.3 is 0 Å². The van der Waals surface area contributed by atoms with Crippen molar-refractivity contribution in [1.82, 2.24) is 4.90 Å². The van der Waals surface area contributed by atoms with E-state index in [9.17, 15) is 9.59 Å². The molecule has 3 rings (SSSR count). The van der Waals surface area contributed by atoms with Crippen molar-refractivity contribution in [3.05, 3.63) is 23.8 Å². The number of nitrogens with one attached hydrogen (secondary N) is 1. The number of nitrogens with zero attached hydrogens (tertiary/aromatic N) is 1. The number of anilines is 1. The van der Waals surface area contributed by atoms with E-state index in [4.69, 9.17) is 0 Å². The van der Waals surface area contributed by atoms with Crippen LogP contribution in [0.3, 0.4) is 0 Å². The summed E-state index contributed by atoms with van der Waals surface area (Å²) < 4.78 is 0. The fraction of sp³-hybridized carbons (Fsp3) is 0.500. The number of rotatable bonds is 1. The largest absolute Gasteiger partial charge is 0.333 e. The number of hydrogen-bond donors (Lipinski definition) is 1. The molecule has 0 aliphatic carbocycles. The maximum absolute atomic E-state index is 12.8. The maximum atomic E-state index is 12.8. The molecule has 2 heterocycles. The van der Waals surface area contributed by atoms with Crippen molar-refractivity contribution >= 4 is 29.3 Å². The molecule has 0 radical (unpaired) electrons. The number of carbonyl (C=O) groups is 2.